The van der Waals surface area contributed by atoms with Gasteiger partial charge in [-0.25, -0.2) is 4.98 Å². The number of fused-ring (bicyclic) bond motifs is 1. The molecular weight excluding hydrogens is 500 g/mol. The number of thiazole rings is 1. The van der Waals surface area contributed by atoms with Crippen molar-refractivity contribution in [2.45, 2.75) is 33.2 Å². The molecule has 1 aliphatic heterocycles. The smallest absolute Gasteiger partial charge is 0.301 e. The second-order valence-electron chi connectivity index (χ2n) is 8.78. The number of aromatic nitrogens is 1. The van der Waals surface area contributed by atoms with Gasteiger partial charge in [-0.3, -0.25) is 14.5 Å². The Morgan fingerprint density at radius 2 is 1.66 bits per heavy atom. The van der Waals surface area contributed by atoms with Crippen LogP contribution in [0.1, 0.15) is 43.5 Å². The zero-order valence-electron chi connectivity index (χ0n) is 21.4. The fourth-order valence-corrected chi connectivity index (χ4v) is 5.61. The van der Waals surface area contributed by atoms with E-state index in [0.29, 0.717) is 46.5 Å². The Bertz CT molecular complexity index is 1540. The van der Waals surface area contributed by atoms with Gasteiger partial charge in [0.15, 0.2) is 5.13 Å². The molecule has 1 N–H and O–H groups in total. The number of amides is 1. The van der Waals surface area contributed by atoms with E-state index in [9.17, 15) is 14.7 Å². The fraction of sp³-hybridized carbons (Fsp3) is 0.233. The molecule has 194 valence electrons. The highest BCUT2D eigenvalue weighted by molar-refractivity contribution is 7.22. The lowest BCUT2D eigenvalue weighted by molar-refractivity contribution is -0.132. The van der Waals surface area contributed by atoms with E-state index in [1.807, 2.05) is 56.3 Å². The van der Waals surface area contributed by atoms with E-state index in [-0.39, 0.29) is 11.3 Å². The molecule has 1 aromatic heterocycles. The zero-order valence-corrected chi connectivity index (χ0v) is 22.2. The third-order valence-corrected chi connectivity index (χ3v) is 7.45. The van der Waals surface area contributed by atoms with E-state index in [1.165, 1.54) is 16.2 Å². The molecular formula is C30H28N2O5S. The van der Waals surface area contributed by atoms with Crippen LogP contribution >= 0.6 is 11.3 Å². The normalized spacial score (nSPS) is 16.8. The van der Waals surface area contributed by atoms with E-state index in [4.69, 9.17) is 9.47 Å². The molecule has 1 amide bonds. The molecule has 1 atom stereocenters. The number of benzene rings is 3. The summed E-state index contributed by atoms with van der Waals surface area (Å²) in [5.41, 5.74) is 2.94. The summed E-state index contributed by atoms with van der Waals surface area (Å²) in [4.78, 5) is 33.1. The van der Waals surface area contributed by atoms with Gasteiger partial charge in [0.05, 0.1) is 35.0 Å². The summed E-state index contributed by atoms with van der Waals surface area (Å²) in [7, 11) is 0. The van der Waals surface area contributed by atoms with Crippen molar-refractivity contribution in [2.24, 2.45) is 0 Å². The number of hydrogen-bond donors (Lipinski definition) is 1. The van der Waals surface area contributed by atoms with Crippen LogP contribution in [0.2, 0.25) is 0 Å². The van der Waals surface area contributed by atoms with Gasteiger partial charge in [0, 0.05) is 5.56 Å². The number of aliphatic hydroxyl groups excluding tert-OH is 1. The number of aryl methyl sites for hydroxylation is 1. The minimum atomic E-state index is -0.844. The summed E-state index contributed by atoms with van der Waals surface area (Å²) in [5, 5.41) is 11.8. The second kappa shape index (κ2) is 10.7. The largest absolute Gasteiger partial charge is 0.507 e. The molecule has 7 nitrogen and oxygen atoms in total. The molecule has 0 saturated carbocycles. The Morgan fingerprint density at radius 1 is 0.947 bits per heavy atom. The summed E-state index contributed by atoms with van der Waals surface area (Å²) in [6.07, 6.45) is 0.852. The molecule has 2 heterocycles. The molecule has 0 spiro atoms. The van der Waals surface area contributed by atoms with Crippen molar-refractivity contribution in [3.63, 3.8) is 0 Å². The van der Waals surface area contributed by atoms with Crippen LogP contribution in [0.25, 0.3) is 16.0 Å². The molecule has 0 radical (unpaired) electrons. The highest BCUT2D eigenvalue weighted by Gasteiger charge is 2.48. The van der Waals surface area contributed by atoms with Crippen LogP contribution in [-0.2, 0) is 16.0 Å². The third kappa shape index (κ3) is 4.63. The molecule has 4 aromatic rings. The number of hydrogen-bond acceptors (Lipinski definition) is 7. The average molecular weight is 529 g/mol. The standard InChI is InChI=1S/C30H28N2O5S/c1-4-18-10-12-19(13-11-18)26-25(27(33)20-8-7-9-21(16-20)36-5-2)28(34)29(35)32(26)30-31-23-15-14-22(37-6-3)17-24(23)38-30/h7-17,26,33H,4-6H2,1-3H3. The van der Waals surface area contributed by atoms with Crippen LogP contribution in [-0.4, -0.2) is 35.0 Å². The Hall–Kier alpha value is -4.17. The highest BCUT2D eigenvalue weighted by atomic mass is 32.1. The molecule has 38 heavy (non-hydrogen) atoms. The third-order valence-electron chi connectivity index (χ3n) is 6.43. The predicted octanol–water partition coefficient (Wildman–Crippen LogP) is 6.28. The molecule has 5 rings (SSSR count). The van der Waals surface area contributed by atoms with Crippen LogP contribution in [0, 0.1) is 0 Å². The number of anilines is 1. The van der Waals surface area contributed by atoms with Crippen LogP contribution in [0.3, 0.4) is 0 Å². The summed E-state index contributed by atoms with van der Waals surface area (Å²) in [6, 6.07) is 19.3. The average Bonchev–Trinajstić information content (AvgIpc) is 3.46. The second-order valence-corrected chi connectivity index (χ2v) is 9.79. The predicted molar refractivity (Wildman–Crippen MR) is 149 cm³/mol. The maximum atomic E-state index is 13.5. The van der Waals surface area contributed by atoms with Crippen molar-refractivity contribution < 1.29 is 24.2 Å². The maximum absolute atomic E-state index is 13.5. The van der Waals surface area contributed by atoms with Gasteiger partial charge in [-0.15, -0.1) is 0 Å². The van der Waals surface area contributed by atoms with Crippen LogP contribution in [0.4, 0.5) is 5.13 Å². The maximum Gasteiger partial charge on any atom is 0.301 e. The molecule has 0 bridgehead atoms. The van der Waals surface area contributed by atoms with Crippen molar-refractivity contribution in [1.29, 1.82) is 0 Å². The number of carbonyl (C=O) groups excluding carboxylic acids is 2. The highest BCUT2D eigenvalue weighted by Crippen LogP contribution is 2.44. The van der Waals surface area contributed by atoms with Crippen LogP contribution in [0.5, 0.6) is 11.5 Å². The number of Topliss-reactive ketones (excluding diaryl/α,β-unsaturated/α-hetero) is 1. The molecule has 0 aliphatic carbocycles. The Balaban J connectivity index is 1.67. The summed E-state index contributed by atoms with van der Waals surface area (Å²) in [6.45, 7) is 6.83. The summed E-state index contributed by atoms with van der Waals surface area (Å²) >= 11 is 1.30. The molecule has 3 aromatic carbocycles. The van der Waals surface area contributed by atoms with Crippen molar-refractivity contribution in [1.82, 2.24) is 4.98 Å². The van der Waals surface area contributed by atoms with E-state index >= 15 is 0 Å². The van der Waals surface area contributed by atoms with Gasteiger partial charge in [0.1, 0.15) is 17.3 Å². The Kier molecular flexibility index (Phi) is 7.15. The summed E-state index contributed by atoms with van der Waals surface area (Å²) < 4.78 is 12.0. The van der Waals surface area contributed by atoms with Crippen molar-refractivity contribution in [3.05, 3.63) is 89.0 Å². The lowest BCUT2D eigenvalue weighted by Crippen LogP contribution is -2.29. The van der Waals surface area contributed by atoms with Gasteiger partial charge in [0.2, 0.25) is 0 Å². The number of nitrogens with zero attached hydrogens (tertiary/aromatic N) is 2. The monoisotopic (exact) mass is 528 g/mol. The van der Waals surface area contributed by atoms with Gasteiger partial charge in [-0.2, -0.15) is 0 Å². The number of rotatable bonds is 8. The molecule has 8 heteroatoms. The number of ketones is 1. The topological polar surface area (TPSA) is 89.0 Å². The van der Waals surface area contributed by atoms with Crippen molar-refractivity contribution in [2.75, 3.05) is 18.1 Å². The first-order valence-electron chi connectivity index (χ1n) is 12.6. The lowest BCUT2D eigenvalue weighted by atomic mass is 9.94. The lowest BCUT2D eigenvalue weighted by Gasteiger charge is -2.23. The number of carbonyl (C=O) groups is 2. The molecule has 1 unspecified atom stereocenters. The van der Waals surface area contributed by atoms with Gasteiger partial charge < -0.3 is 14.6 Å². The SMILES string of the molecule is CCOc1cccc(C(O)=C2C(=O)C(=O)N(c3nc4ccc(OCC)cc4s3)C2c2ccc(CC)cc2)c1. The van der Waals surface area contributed by atoms with Crippen molar-refractivity contribution in [3.8, 4) is 11.5 Å². The van der Waals surface area contributed by atoms with Gasteiger partial charge in [-0.05, 0) is 61.7 Å². The molecule has 1 fully saturated rings. The number of ether oxygens (including phenoxy) is 2. The van der Waals surface area contributed by atoms with Crippen LogP contribution in [0.15, 0.2) is 72.3 Å². The minimum absolute atomic E-state index is 0.0159. The molecule has 1 aliphatic rings. The van der Waals surface area contributed by atoms with E-state index in [2.05, 4.69) is 11.9 Å². The van der Waals surface area contributed by atoms with E-state index in [1.54, 1.807) is 24.3 Å². The molecule has 1 saturated heterocycles. The first kappa shape index (κ1) is 25.5. The Morgan fingerprint density at radius 3 is 2.34 bits per heavy atom. The van der Waals surface area contributed by atoms with Gasteiger partial charge in [0.25, 0.3) is 5.78 Å². The van der Waals surface area contributed by atoms with Gasteiger partial charge >= 0.3 is 5.91 Å². The Labute approximate surface area is 225 Å². The first-order chi connectivity index (χ1) is 18.4. The minimum Gasteiger partial charge on any atom is -0.507 e. The van der Waals surface area contributed by atoms with E-state index < -0.39 is 17.7 Å². The number of aliphatic hydroxyl groups is 1. The zero-order chi connectivity index (χ0) is 26.8. The van der Waals surface area contributed by atoms with E-state index in [0.717, 1.165) is 16.7 Å². The van der Waals surface area contributed by atoms with Crippen molar-refractivity contribution >= 4 is 44.1 Å². The summed E-state index contributed by atoms with van der Waals surface area (Å²) in [5.74, 6) is -0.481. The van der Waals surface area contributed by atoms with Crippen LogP contribution < -0.4 is 14.4 Å². The quantitative estimate of drug-likeness (QED) is 0.164. The fourth-order valence-electron chi connectivity index (χ4n) is 4.59. The van der Waals surface area contributed by atoms with Gasteiger partial charge in [-0.1, -0.05) is 54.7 Å². The first-order valence-corrected chi connectivity index (χ1v) is 13.4.